The molecule has 0 bridgehead atoms. The van der Waals surface area contributed by atoms with Gasteiger partial charge in [0.1, 0.15) is 6.07 Å². The Morgan fingerprint density at radius 2 is 1.71 bits per heavy atom. The SMILES string of the molecule is CC(C)CN(CC(C)C)S(=O)(=O)c1ccc(C#N)c(Cl)c1. The van der Waals surface area contributed by atoms with Gasteiger partial charge in [0.15, 0.2) is 0 Å². The molecule has 21 heavy (non-hydrogen) atoms. The molecule has 0 unspecified atom stereocenters. The second kappa shape index (κ2) is 7.26. The van der Waals surface area contributed by atoms with Crippen molar-refractivity contribution in [2.24, 2.45) is 11.8 Å². The van der Waals surface area contributed by atoms with Crippen LogP contribution >= 0.6 is 11.6 Å². The highest BCUT2D eigenvalue weighted by Crippen LogP contribution is 2.24. The van der Waals surface area contributed by atoms with Crippen LogP contribution in [0.2, 0.25) is 5.02 Å². The maximum Gasteiger partial charge on any atom is 0.243 e. The number of hydrogen-bond donors (Lipinski definition) is 0. The van der Waals surface area contributed by atoms with Crippen LogP contribution in [0.4, 0.5) is 0 Å². The summed E-state index contributed by atoms with van der Waals surface area (Å²) in [5.41, 5.74) is 0.273. The van der Waals surface area contributed by atoms with Crippen molar-refractivity contribution in [3.63, 3.8) is 0 Å². The van der Waals surface area contributed by atoms with Crippen LogP contribution in [0.15, 0.2) is 23.1 Å². The third kappa shape index (κ3) is 4.70. The van der Waals surface area contributed by atoms with Crippen LogP contribution in [-0.4, -0.2) is 25.8 Å². The lowest BCUT2D eigenvalue weighted by Gasteiger charge is -2.25. The molecule has 116 valence electrons. The van der Waals surface area contributed by atoms with E-state index in [9.17, 15) is 8.42 Å². The molecule has 0 fully saturated rings. The molecule has 0 spiro atoms. The van der Waals surface area contributed by atoms with E-state index in [1.807, 2.05) is 33.8 Å². The van der Waals surface area contributed by atoms with Gasteiger partial charge in [-0.1, -0.05) is 39.3 Å². The molecular weight excluding hydrogens is 308 g/mol. The number of hydrogen-bond acceptors (Lipinski definition) is 3. The van der Waals surface area contributed by atoms with Gasteiger partial charge >= 0.3 is 0 Å². The summed E-state index contributed by atoms with van der Waals surface area (Å²) >= 11 is 5.95. The highest BCUT2D eigenvalue weighted by molar-refractivity contribution is 7.89. The van der Waals surface area contributed by atoms with E-state index in [1.165, 1.54) is 22.5 Å². The van der Waals surface area contributed by atoms with Gasteiger partial charge in [-0.3, -0.25) is 0 Å². The minimum absolute atomic E-state index is 0.132. The molecule has 0 heterocycles. The van der Waals surface area contributed by atoms with Crippen LogP contribution in [0.1, 0.15) is 33.3 Å². The van der Waals surface area contributed by atoms with Crippen molar-refractivity contribution in [2.45, 2.75) is 32.6 Å². The standard InChI is InChI=1S/C15H21ClN2O2S/c1-11(2)9-18(10-12(3)4)21(19,20)14-6-5-13(8-17)15(16)7-14/h5-7,11-12H,9-10H2,1-4H3. The molecule has 0 radical (unpaired) electrons. The van der Waals surface area contributed by atoms with Crippen LogP contribution in [0.25, 0.3) is 0 Å². The zero-order chi connectivity index (χ0) is 16.2. The van der Waals surface area contributed by atoms with Gasteiger partial charge in [-0.05, 0) is 30.0 Å². The minimum atomic E-state index is -3.60. The summed E-state index contributed by atoms with van der Waals surface area (Å²) in [4.78, 5) is 0.132. The smallest absolute Gasteiger partial charge is 0.207 e. The lowest BCUT2D eigenvalue weighted by molar-refractivity contribution is 0.333. The number of nitriles is 1. The van der Waals surface area contributed by atoms with Crippen LogP contribution in [0.5, 0.6) is 0 Å². The average Bonchev–Trinajstić information content (AvgIpc) is 2.36. The van der Waals surface area contributed by atoms with Crippen molar-refractivity contribution in [1.29, 1.82) is 5.26 Å². The number of benzene rings is 1. The summed E-state index contributed by atoms with van der Waals surface area (Å²) in [6, 6.07) is 6.16. The molecule has 0 aliphatic carbocycles. The largest absolute Gasteiger partial charge is 0.243 e. The Balaban J connectivity index is 3.22. The van der Waals surface area contributed by atoms with Gasteiger partial charge < -0.3 is 0 Å². The van der Waals surface area contributed by atoms with Crippen molar-refractivity contribution in [2.75, 3.05) is 13.1 Å². The fraction of sp³-hybridized carbons (Fsp3) is 0.533. The third-order valence-corrected chi connectivity index (χ3v) is 4.98. The normalized spacial score (nSPS) is 12.1. The first-order valence-corrected chi connectivity index (χ1v) is 8.70. The van der Waals surface area contributed by atoms with E-state index in [1.54, 1.807) is 0 Å². The Bertz CT molecular complexity index is 624. The summed E-state index contributed by atoms with van der Waals surface area (Å²) in [7, 11) is -3.60. The van der Waals surface area contributed by atoms with Gasteiger partial charge in [0.2, 0.25) is 10.0 Å². The summed E-state index contributed by atoms with van der Waals surface area (Å²) in [6.45, 7) is 8.84. The Hall–Kier alpha value is -1.09. The van der Waals surface area contributed by atoms with Gasteiger partial charge in [0, 0.05) is 13.1 Å². The Morgan fingerprint density at radius 3 is 2.10 bits per heavy atom. The number of halogens is 1. The first kappa shape index (κ1) is 18.0. The van der Waals surface area contributed by atoms with Crippen molar-refractivity contribution < 1.29 is 8.42 Å². The summed E-state index contributed by atoms with van der Waals surface area (Å²) < 4.78 is 27.0. The monoisotopic (exact) mass is 328 g/mol. The molecule has 1 aromatic carbocycles. The van der Waals surface area contributed by atoms with E-state index in [-0.39, 0.29) is 27.3 Å². The second-order valence-corrected chi connectivity index (χ2v) is 8.21. The first-order valence-electron chi connectivity index (χ1n) is 6.88. The number of sulfonamides is 1. The topological polar surface area (TPSA) is 61.2 Å². The van der Waals surface area contributed by atoms with Crippen LogP contribution in [0, 0.1) is 23.2 Å². The number of nitrogens with zero attached hydrogens (tertiary/aromatic N) is 2. The molecule has 0 aromatic heterocycles. The molecule has 0 atom stereocenters. The molecule has 0 N–H and O–H groups in total. The van der Waals surface area contributed by atoms with E-state index in [2.05, 4.69) is 0 Å². The third-order valence-electron chi connectivity index (χ3n) is 2.84. The van der Waals surface area contributed by atoms with Crippen LogP contribution in [0.3, 0.4) is 0 Å². The zero-order valence-corrected chi connectivity index (χ0v) is 14.4. The van der Waals surface area contributed by atoms with Gasteiger partial charge in [0.05, 0.1) is 15.5 Å². The molecule has 0 saturated carbocycles. The fourth-order valence-corrected chi connectivity index (χ4v) is 4.06. The van der Waals surface area contributed by atoms with E-state index < -0.39 is 10.0 Å². The fourth-order valence-electron chi connectivity index (χ4n) is 1.98. The Morgan fingerprint density at radius 1 is 1.19 bits per heavy atom. The van der Waals surface area contributed by atoms with Crippen LogP contribution in [-0.2, 0) is 10.0 Å². The van der Waals surface area contributed by atoms with Gasteiger partial charge in [-0.2, -0.15) is 9.57 Å². The van der Waals surface area contributed by atoms with Gasteiger partial charge in [-0.25, -0.2) is 8.42 Å². The summed E-state index contributed by atoms with van der Waals surface area (Å²) in [6.07, 6.45) is 0. The van der Waals surface area contributed by atoms with Crippen molar-refractivity contribution in [1.82, 2.24) is 4.31 Å². The molecule has 0 aliphatic heterocycles. The molecule has 1 aromatic rings. The Labute approximate surface area is 132 Å². The predicted molar refractivity (Wildman–Crippen MR) is 84.6 cm³/mol. The van der Waals surface area contributed by atoms with E-state index in [0.717, 1.165) is 0 Å². The molecule has 0 amide bonds. The number of rotatable bonds is 6. The molecule has 6 heteroatoms. The van der Waals surface area contributed by atoms with Gasteiger partial charge in [0.25, 0.3) is 0 Å². The quantitative estimate of drug-likeness (QED) is 0.802. The maximum absolute atomic E-state index is 12.7. The first-order chi connectivity index (χ1) is 9.68. The van der Waals surface area contributed by atoms with Crippen molar-refractivity contribution in [3.8, 4) is 6.07 Å². The van der Waals surface area contributed by atoms with E-state index >= 15 is 0 Å². The Kier molecular flexibility index (Phi) is 6.21. The maximum atomic E-state index is 12.7. The summed E-state index contributed by atoms with van der Waals surface area (Å²) in [5.74, 6) is 0.458. The van der Waals surface area contributed by atoms with Gasteiger partial charge in [-0.15, -0.1) is 0 Å². The molecular formula is C15H21ClN2O2S. The van der Waals surface area contributed by atoms with Crippen LogP contribution < -0.4 is 0 Å². The molecule has 0 saturated heterocycles. The predicted octanol–water partition coefficient (Wildman–Crippen LogP) is 3.51. The van der Waals surface area contributed by atoms with E-state index in [0.29, 0.717) is 13.1 Å². The van der Waals surface area contributed by atoms with E-state index in [4.69, 9.17) is 16.9 Å². The minimum Gasteiger partial charge on any atom is -0.207 e. The second-order valence-electron chi connectivity index (χ2n) is 5.86. The molecule has 4 nitrogen and oxygen atoms in total. The summed E-state index contributed by atoms with van der Waals surface area (Å²) in [5, 5.41) is 9.02. The van der Waals surface area contributed by atoms with Crippen molar-refractivity contribution in [3.05, 3.63) is 28.8 Å². The highest BCUT2D eigenvalue weighted by Gasteiger charge is 2.26. The highest BCUT2D eigenvalue weighted by atomic mass is 35.5. The average molecular weight is 329 g/mol. The van der Waals surface area contributed by atoms with Crippen molar-refractivity contribution >= 4 is 21.6 Å². The lowest BCUT2D eigenvalue weighted by Crippen LogP contribution is -2.37. The lowest BCUT2D eigenvalue weighted by atomic mass is 10.2. The molecule has 0 aliphatic rings. The molecule has 1 rings (SSSR count). The zero-order valence-electron chi connectivity index (χ0n) is 12.8.